The third-order valence-corrected chi connectivity index (χ3v) is 13.4. The maximum Gasteiger partial charge on any atom is 0.262 e. The van der Waals surface area contributed by atoms with Gasteiger partial charge in [-0.05, 0) is 97.0 Å². The van der Waals surface area contributed by atoms with E-state index in [0.29, 0.717) is 40.4 Å². The Labute approximate surface area is 359 Å². The van der Waals surface area contributed by atoms with Gasteiger partial charge < -0.3 is 9.64 Å². The van der Waals surface area contributed by atoms with Crippen molar-refractivity contribution in [2.45, 2.75) is 76.1 Å². The third kappa shape index (κ3) is 8.03. The van der Waals surface area contributed by atoms with Crippen LogP contribution in [0.5, 0.6) is 5.75 Å². The van der Waals surface area contributed by atoms with Crippen LogP contribution in [0.3, 0.4) is 0 Å². The van der Waals surface area contributed by atoms with Crippen molar-refractivity contribution in [2.24, 2.45) is 0 Å². The molecule has 1 unspecified atom stereocenters. The lowest BCUT2D eigenvalue weighted by atomic mass is 9.78. The Morgan fingerprint density at radius 3 is 2.34 bits per heavy atom. The number of carbonyl (C=O) groups excluding carboxylic acids is 4. The Morgan fingerprint density at radius 2 is 1.62 bits per heavy atom. The highest BCUT2D eigenvalue weighted by molar-refractivity contribution is 6.30. The second kappa shape index (κ2) is 16.5. The number of anilines is 1. The first-order valence-corrected chi connectivity index (χ1v) is 21.4. The average molecular weight is 839 g/mol. The molecule has 5 aliphatic heterocycles. The number of carbonyl (C=O) groups is 4. The fourth-order valence-electron chi connectivity index (χ4n) is 9.33. The number of hydrogen-bond acceptors (Lipinski definition) is 11. The lowest BCUT2D eigenvalue weighted by Gasteiger charge is -2.49. The molecule has 1 N–H and O–H groups in total. The second-order valence-corrected chi connectivity index (χ2v) is 17.6. The highest BCUT2D eigenvalue weighted by atomic mass is 35.5. The first kappa shape index (κ1) is 40.5. The van der Waals surface area contributed by atoms with E-state index < -0.39 is 23.8 Å². The van der Waals surface area contributed by atoms with Gasteiger partial charge in [-0.25, -0.2) is 9.97 Å². The maximum absolute atomic E-state index is 13.3. The van der Waals surface area contributed by atoms with Gasteiger partial charge in [0.2, 0.25) is 11.8 Å². The van der Waals surface area contributed by atoms with Gasteiger partial charge in [0.1, 0.15) is 18.4 Å². The number of nitrogens with one attached hydrogen (secondary N) is 1. The molecule has 4 amide bonds. The van der Waals surface area contributed by atoms with E-state index in [0.717, 1.165) is 97.5 Å². The van der Waals surface area contributed by atoms with Crippen molar-refractivity contribution in [1.82, 2.24) is 30.0 Å². The number of benzene rings is 3. The number of nitriles is 1. The number of nitrogens with zero attached hydrogens (tertiary/aromatic N) is 7. The van der Waals surface area contributed by atoms with Gasteiger partial charge >= 0.3 is 0 Å². The summed E-state index contributed by atoms with van der Waals surface area (Å²) in [5.41, 5.74) is 5.74. The molecule has 13 nitrogen and oxygen atoms in total. The SMILES string of the molecule is CC(C)(c1ccc(OCc2ccnc(C3=CCN(C4CCN(C5CN(c6ccc7c(c6)C(=O)N(C6CCC(=O)NC6=O)C7=O)C5)CC4)CC3)n2)cc1)c1cc(Cl)cc(C#N)c1. The molecule has 4 aromatic rings. The van der Waals surface area contributed by atoms with E-state index in [4.69, 9.17) is 21.3 Å². The quantitative estimate of drug-likeness (QED) is 0.195. The summed E-state index contributed by atoms with van der Waals surface area (Å²) in [4.78, 5) is 68.4. The van der Waals surface area contributed by atoms with Crippen LogP contribution in [-0.4, -0.2) is 106 Å². The number of rotatable bonds is 10. The van der Waals surface area contributed by atoms with E-state index in [1.54, 1.807) is 24.4 Å². The number of imide groups is 2. The molecule has 312 valence electrons. The molecule has 1 aromatic heterocycles. The van der Waals surface area contributed by atoms with Gasteiger partial charge in [0.05, 0.1) is 28.5 Å². The topological polar surface area (TPSA) is 152 Å². The summed E-state index contributed by atoms with van der Waals surface area (Å²) in [6.45, 7) is 10.2. The molecule has 0 bridgehead atoms. The number of ether oxygens (including phenoxy) is 1. The first-order chi connectivity index (χ1) is 29.4. The zero-order chi connectivity index (χ0) is 42.4. The van der Waals surface area contributed by atoms with Crippen LogP contribution in [0.25, 0.3) is 5.57 Å². The van der Waals surface area contributed by atoms with Crippen LogP contribution in [0.2, 0.25) is 5.02 Å². The van der Waals surface area contributed by atoms with Crippen molar-refractivity contribution in [3.8, 4) is 11.8 Å². The van der Waals surface area contributed by atoms with Crippen molar-refractivity contribution in [2.75, 3.05) is 44.2 Å². The second-order valence-electron chi connectivity index (χ2n) is 17.1. The summed E-state index contributed by atoms with van der Waals surface area (Å²) in [6, 6.07) is 22.9. The van der Waals surface area contributed by atoms with E-state index in [1.165, 1.54) is 5.57 Å². The van der Waals surface area contributed by atoms with Crippen molar-refractivity contribution in [1.29, 1.82) is 5.26 Å². The third-order valence-electron chi connectivity index (χ3n) is 13.1. The lowest BCUT2D eigenvalue weighted by Crippen LogP contribution is -2.62. The van der Waals surface area contributed by atoms with E-state index >= 15 is 0 Å². The van der Waals surface area contributed by atoms with E-state index in [-0.39, 0.29) is 24.2 Å². The number of hydrogen-bond donors (Lipinski definition) is 1. The number of piperidine rings is 2. The Morgan fingerprint density at radius 1 is 0.852 bits per heavy atom. The maximum atomic E-state index is 13.3. The molecule has 5 aliphatic rings. The molecule has 3 fully saturated rings. The van der Waals surface area contributed by atoms with E-state index in [1.807, 2.05) is 48.5 Å². The normalized spacial score (nSPS) is 20.6. The number of aromatic nitrogens is 2. The number of likely N-dealkylation sites (tertiary alicyclic amines) is 1. The van der Waals surface area contributed by atoms with Crippen molar-refractivity contribution >= 4 is 46.5 Å². The number of halogens is 1. The van der Waals surface area contributed by atoms with Crippen LogP contribution in [0, 0.1) is 11.3 Å². The van der Waals surface area contributed by atoms with Gasteiger partial charge in [0.15, 0.2) is 5.82 Å². The van der Waals surface area contributed by atoms with Crippen LogP contribution in [0.1, 0.15) is 94.9 Å². The van der Waals surface area contributed by atoms with Crippen LogP contribution >= 0.6 is 11.6 Å². The highest BCUT2D eigenvalue weighted by Crippen LogP contribution is 2.36. The Balaban J connectivity index is 0.734. The summed E-state index contributed by atoms with van der Waals surface area (Å²) < 4.78 is 6.14. The van der Waals surface area contributed by atoms with Gasteiger partial charge in [0.25, 0.3) is 11.8 Å². The fraction of sp³-hybridized carbons (Fsp3) is 0.383. The zero-order valence-corrected chi connectivity index (χ0v) is 35.0. The standard InChI is InChI=1S/C47H47ClN8O5/c1-47(2,32-21-29(25-49)22-33(48)23-32)31-3-6-38(7-4-31)61-28-34-11-16-50-43(51-34)30-12-17-53(18-13-30)35-14-19-54(20-15-35)37-26-55(27-37)36-5-8-39-40(24-36)46(60)56(45(39)59)41-9-10-42(57)52-44(41)58/h3-8,11-12,16,21-24,35,37,41H,9-10,13-15,17-20,26-28H2,1-2H3,(H,52,57,58). The summed E-state index contributed by atoms with van der Waals surface area (Å²) in [5, 5.41) is 12.2. The van der Waals surface area contributed by atoms with Gasteiger partial charge in [-0.3, -0.25) is 39.2 Å². The molecule has 61 heavy (non-hydrogen) atoms. The number of fused-ring (bicyclic) bond motifs is 1. The minimum absolute atomic E-state index is 0.0961. The highest BCUT2D eigenvalue weighted by Gasteiger charge is 2.45. The van der Waals surface area contributed by atoms with Crippen molar-refractivity contribution < 1.29 is 23.9 Å². The average Bonchev–Trinajstić information content (AvgIpc) is 3.50. The van der Waals surface area contributed by atoms with Crippen molar-refractivity contribution in [3.05, 3.63) is 123 Å². The molecule has 0 spiro atoms. The number of amides is 4. The minimum atomic E-state index is -0.967. The zero-order valence-electron chi connectivity index (χ0n) is 34.3. The molecule has 0 aliphatic carbocycles. The molecule has 0 radical (unpaired) electrons. The fourth-order valence-corrected chi connectivity index (χ4v) is 9.56. The molecule has 3 aromatic carbocycles. The van der Waals surface area contributed by atoms with Crippen LogP contribution in [-0.2, 0) is 21.6 Å². The first-order valence-electron chi connectivity index (χ1n) is 21.0. The summed E-state index contributed by atoms with van der Waals surface area (Å²) in [7, 11) is 0. The van der Waals surface area contributed by atoms with Crippen LogP contribution < -0.4 is 15.0 Å². The lowest BCUT2D eigenvalue weighted by molar-refractivity contribution is -0.136. The Kier molecular flexibility index (Phi) is 10.9. The smallest absolute Gasteiger partial charge is 0.262 e. The monoisotopic (exact) mass is 838 g/mol. The minimum Gasteiger partial charge on any atom is -0.487 e. The molecule has 9 rings (SSSR count). The van der Waals surface area contributed by atoms with Gasteiger partial charge in [-0.15, -0.1) is 0 Å². The summed E-state index contributed by atoms with van der Waals surface area (Å²) in [6.07, 6.45) is 7.42. The molecular formula is C47H47ClN8O5. The van der Waals surface area contributed by atoms with Crippen molar-refractivity contribution in [3.63, 3.8) is 0 Å². The molecule has 3 saturated heterocycles. The van der Waals surface area contributed by atoms with Gasteiger partial charge in [-0.1, -0.05) is 43.7 Å². The molecular weight excluding hydrogens is 792 g/mol. The molecule has 0 saturated carbocycles. The van der Waals surface area contributed by atoms with E-state index in [9.17, 15) is 24.4 Å². The Bertz CT molecular complexity index is 2480. The Hall–Kier alpha value is -5.94. The van der Waals surface area contributed by atoms with Gasteiger partial charge in [-0.2, -0.15) is 5.26 Å². The summed E-state index contributed by atoms with van der Waals surface area (Å²) in [5.74, 6) is -0.451. The molecule has 1 atom stereocenters. The van der Waals surface area contributed by atoms with E-state index in [2.05, 4.69) is 51.0 Å². The van der Waals surface area contributed by atoms with Crippen LogP contribution in [0.4, 0.5) is 5.69 Å². The van der Waals surface area contributed by atoms with Crippen LogP contribution in [0.15, 0.2) is 79.0 Å². The predicted octanol–water partition coefficient (Wildman–Crippen LogP) is 5.75. The van der Waals surface area contributed by atoms with Gasteiger partial charge in [0, 0.05) is 80.1 Å². The largest absolute Gasteiger partial charge is 0.487 e. The molecule has 14 heteroatoms. The summed E-state index contributed by atoms with van der Waals surface area (Å²) >= 11 is 6.30. The molecule has 6 heterocycles. The predicted molar refractivity (Wildman–Crippen MR) is 229 cm³/mol.